The lowest BCUT2D eigenvalue weighted by Gasteiger charge is -2.17. The van der Waals surface area contributed by atoms with Crippen LogP contribution < -0.4 is 11.0 Å². The van der Waals surface area contributed by atoms with Gasteiger partial charge in [-0.1, -0.05) is 23.7 Å². The minimum atomic E-state index is -0.526. The monoisotopic (exact) mass is 391 g/mol. The van der Waals surface area contributed by atoms with Gasteiger partial charge in [0, 0.05) is 30.5 Å². The summed E-state index contributed by atoms with van der Waals surface area (Å²) >= 11 is 5.82. The summed E-state index contributed by atoms with van der Waals surface area (Å²) in [5.74, 6) is -0.220. The van der Waals surface area contributed by atoms with Crippen molar-refractivity contribution in [1.82, 2.24) is 9.55 Å². The number of carbonyl (C=O) groups is 1. The van der Waals surface area contributed by atoms with Crippen molar-refractivity contribution in [3.63, 3.8) is 0 Å². The molecule has 0 aliphatic carbocycles. The van der Waals surface area contributed by atoms with Crippen LogP contribution in [0.15, 0.2) is 47.4 Å². The van der Waals surface area contributed by atoms with E-state index in [2.05, 4.69) is 10.3 Å². The molecule has 1 heterocycles. The van der Waals surface area contributed by atoms with E-state index >= 15 is 0 Å². The fourth-order valence-corrected chi connectivity index (χ4v) is 2.36. The van der Waals surface area contributed by atoms with Crippen molar-refractivity contribution in [3.8, 4) is 0 Å². The van der Waals surface area contributed by atoms with E-state index in [1.807, 2.05) is 13.8 Å². The molecule has 0 atom stereocenters. The minimum absolute atomic E-state index is 0.173. The van der Waals surface area contributed by atoms with Gasteiger partial charge in [0.25, 0.3) is 0 Å². The zero-order valence-corrected chi connectivity index (χ0v) is 16.0. The highest BCUT2D eigenvalue weighted by atomic mass is 35.5. The van der Waals surface area contributed by atoms with Gasteiger partial charge >= 0.3 is 5.69 Å². The zero-order valence-electron chi connectivity index (χ0n) is 15.2. The molecular formula is C19H22ClN3O4. The molecule has 0 radical (unpaired) electrons. The highest BCUT2D eigenvalue weighted by Crippen LogP contribution is 2.10. The fraction of sp³-hybridized carbons (Fsp3) is 0.316. The van der Waals surface area contributed by atoms with Crippen LogP contribution in [0.25, 0.3) is 6.08 Å². The molecule has 0 aliphatic rings. The number of hydrogen-bond acceptors (Lipinski definition) is 5. The normalized spacial score (nSPS) is 11.3. The van der Waals surface area contributed by atoms with Crippen LogP contribution in [0.4, 0.5) is 5.82 Å². The Hall–Kier alpha value is -2.48. The molecule has 2 aromatic rings. The first-order chi connectivity index (χ1) is 13.0. The van der Waals surface area contributed by atoms with Crippen LogP contribution in [0.5, 0.6) is 0 Å². The van der Waals surface area contributed by atoms with E-state index in [-0.39, 0.29) is 12.4 Å². The van der Waals surface area contributed by atoms with Gasteiger partial charge in [-0.05, 0) is 43.7 Å². The van der Waals surface area contributed by atoms with Crippen LogP contribution in [0.3, 0.4) is 0 Å². The summed E-state index contributed by atoms with van der Waals surface area (Å²) in [4.78, 5) is 28.0. The van der Waals surface area contributed by atoms with E-state index in [0.29, 0.717) is 18.2 Å². The van der Waals surface area contributed by atoms with Gasteiger partial charge in [-0.2, -0.15) is 4.98 Å². The number of anilines is 1. The molecule has 144 valence electrons. The van der Waals surface area contributed by atoms with E-state index in [1.54, 1.807) is 42.6 Å². The largest absolute Gasteiger partial charge is 0.351 e. The van der Waals surface area contributed by atoms with Gasteiger partial charge in [0.2, 0.25) is 5.91 Å². The molecule has 7 nitrogen and oxygen atoms in total. The molecule has 0 saturated carbocycles. The number of nitrogens with one attached hydrogen (secondary N) is 1. The maximum Gasteiger partial charge on any atom is 0.349 e. The van der Waals surface area contributed by atoms with Crippen LogP contribution in [0.1, 0.15) is 19.4 Å². The standard InChI is InChI=1S/C19H22ClN3O4/c1-3-26-18(27-4-2)13-23-12-11-16(22-19(23)25)21-17(24)10-7-14-5-8-15(20)9-6-14/h5-12,18H,3-4,13H2,1-2H3,(H,21,22,24,25). The van der Waals surface area contributed by atoms with Crippen LogP contribution >= 0.6 is 11.6 Å². The summed E-state index contributed by atoms with van der Waals surface area (Å²) in [5.41, 5.74) is 0.328. The van der Waals surface area contributed by atoms with E-state index in [0.717, 1.165) is 5.56 Å². The summed E-state index contributed by atoms with van der Waals surface area (Å²) in [6, 6.07) is 8.60. The summed E-state index contributed by atoms with van der Waals surface area (Å²) < 4.78 is 12.2. The number of nitrogens with zero attached hydrogens (tertiary/aromatic N) is 2. The smallest absolute Gasteiger partial charge is 0.349 e. The number of benzene rings is 1. The first-order valence-electron chi connectivity index (χ1n) is 8.57. The third kappa shape index (κ3) is 6.97. The maximum atomic E-state index is 12.1. The molecule has 1 amide bonds. The third-order valence-corrected chi connectivity index (χ3v) is 3.73. The Kier molecular flexibility index (Phi) is 8.19. The Morgan fingerprint density at radius 2 is 1.89 bits per heavy atom. The molecule has 8 heteroatoms. The van der Waals surface area contributed by atoms with Crippen LogP contribution in [-0.2, 0) is 20.8 Å². The summed E-state index contributed by atoms with van der Waals surface area (Å²) in [7, 11) is 0. The number of rotatable bonds is 9. The van der Waals surface area contributed by atoms with E-state index < -0.39 is 17.9 Å². The zero-order chi connectivity index (χ0) is 19.6. The summed E-state index contributed by atoms with van der Waals surface area (Å²) in [6.45, 7) is 4.87. The highest BCUT2D eigenvalue weighted by Gasteiger charge is 2.11. The summed E-state index contributed by atoms with van der Waals surface area (Å²) in [6.07, 6.45) is 4.01. The molecule has 1 aromatic carbocycles. The predicted molar refractivity (Wildman–Crippen MR) is 105 cm³/mol. The molecule has 1 N–H and O–H groups in total. The van der Waals surface area contributed by atoms with Crippen molar-refractivity contribution in [3.05, 3.63) is 63.7 Å². The second-order valence-electron chi connectivity index (χ2n) is 5.46. The molecule has 0 fully saturated rings. The lowest BCUT2D eigenvalue weighted by molar-refractivity contribution is -0.144. The van der Waals surface area contributed by atoms with Gasteiger partial charge in [-0.25, -0.2) is 4.79 Å². The second kappa shape index (κ2) is 10.6. The minimum Gasteiger partial charge on any atom is -0.351 e. The Balaban J connectivity index is 1.99. The van der Waals surface area contributed by atoms with Crippen LogP contribution in [-0.4, -0.2) is 35.0 Å². The summed E-state index contributed by atoms with van der Waals surface area (Å²) in [5, 5.41) is 3.18. The molecular weight excluding hydrogens is 370 g/mol. The van der Waals surface area contributed by atoms with Gasteiger partial charge in [-0.3, -0.25) is 9.36 Å². The fourth-order valence-electron chi connectivity index (χ4n) is 2.24. The Morgan fingerprint density at radius 1 is 1.22 bits per heavy atom. The van der Waals surface area contributed by atoms with Gasteiger partial charge < -0.3 is 14.8 Å². The van der Waals surface area contributed by atoms with Crippen molar-refractivity contribution < 1.29 is 14.3 Å². The Bertz CT molecular complexity index is 828. The molecule has 0 bridgehead atoms. The van der Waals surface area contributed by atoms with E-state index in [9.17, 15) is 9.59 Å². The number of hydrogen-bond donors (Lipinski definition) is 1. The Morgan fingerprint density at radius 3 is 2.48 bits per heavy atom. The highest BCUT2D eigenvalue weighted by molar-refractivity contribution is 6.30. The quantitative estimate of drug-likeness (QED) is 0.525. The first-order valence-corrected chi connectivity index (χ1v) is 8.95. The van der Waals surface area contributed by atoms with Crippen molar-refractivity contribution >= 4 is 29.4 Å². The molecule has 27 heavy (non-hydrogen) atoms. The molecule has 1 aromatic heterocycles. The molecule has 0 saturated heterocycles. The van der Waals surface area contributed by atoms with Crippen LogP contribution in [0.2, 0.25) is 5.02 Å². The SMILES string of the molecule is CCOC(Cn1ccc(NC(=O)C=Cc2ccc(Cl)cc2)nc1=O)OCC. The van der Waals surface area contributed by atoms with Gasteiger partial charge in [0.15, 0.2) is 6.29 Å². The number of ether oxygens (including phenoxy) is 2. The van der Waals surface area contributed by atoms with Crippen molar-refractivity contribution in [2.75, 3.05) is 18.5 Å². The topological polar surface area (TPSA) is 82.5 Å². The average molecular weight is 392 g/mol. The van der Waals surface area contributed by atoms with Gasteiger partial charge in [0.1, 0.15) is 5.82 Å². The van der Waals surface area contributed by atoms with E-state index in [1.165, 1.54) is 10.6 Å². The molecule has 0 spiro atoms. The molecule has 0 aliphatic heterocycles. The number of halogens is 1. The average Bonchev–Trinajstić information content (AvgIpc) is 2.64. The van der Waals surface area contributed by atoms with E-state index in [4.69, 9.17) is 21.1 Å². The third-order valence-electron chi connectivity index (χ3n) is 3.47. The number of amides is 1. The lowest BCUT2D eigenvalue weighted by Crippen LogP contribution is -2.31. The van der Waals surface area contributed by atoms with Crippen molar-refractivity contribution in [2.45, 2.75) is 26.7 Å². The van der Waals surface area contributed by atoms with Gasteiger partial charge in [0.05, 0.1) is 6.54 Å². The number of carbonyl (C=O) groups excluding carboxylic acids is 1. The molecule has 2 rings (SSSR count). The van der Waals surface area contributed by atoms with Crippen molar-refractivity contribution in [1.29, 1.82) is 0 Å². The molecule has 0 unspecified atom stereocenters. The van der Waals surface area contributed by atoms with Crippen LogP contribution in [0, 0.1) is 0 Å². The lowest BCUT2D eigenvalue weighted by atomic mass is 10.2. The number of aromatic nitrogens is 2. The maximum absolute atomic E-state index is 12.1. The second-order valence-corrected chi connectivity index (χ2v) is 5.90. The predicted octanol–water partition coefficient (Wildman–Crippen LogP) is 2.95. The Labute approximate surface area is 162 Å². The first kappa shape index (κ1) is 20.8. The van der Waals surface area contributed by atoms with Gasteiger partial charge in [-0.15, -0.1) is 0 Å². The van der Waals surface area contributed by atoms with Crippen molar-refractivity contribution in [2.24, 2.45) is 0 Å².